The van der Waals surface area contributed by atoms with Crippen molar-refractivity contribution in [3.8, 4) is 0 Å². The van der Waals surface area contributed by atoms with E-state index in [1.807, 2.05) is 13.8 Å². The van der Waals surface area contributed by atoms with Crippen LogP contribution < -0.4 is 5.32 Å². The minimum Gasteiger partial charge on any atom is -0.465 e. The number of carbonyl (C=O) groups excluding carboxylic acids is 1. The Morgan fingerprint density at radius 2 is 1.79 bits per heavy atom. The number of anilines is 1. The van der Waals surface area contributed by atoms with Crippen molar-refractivity contribution in [1.29, 1.82) is 0 Å². The number of esters is 1. The third-order valence-corrected chi connectivity index (χ3v) is 5.05. The second-order valence-electron chi connectivity index (χ2n) is 6.81. The molecule has 1 N–H and O–H groups in total. The molecule has 0 fully saturated rings. The Balaban J connectivity index is 3.09. The molecule has 4 nitrogen and oxygen atoms in total. The van der Waals surface area contributed by atoms with Crippen molar-refractivity contribution in [2.45, 2.75) is 48.0 Å². The summed E-state index contributed by atoms with van der Waals surface area (Å²) in [4.78, 5) is 15.5. The molecule has 0 spiro atoms. The zero-order valence-electron chi connectivity index (χ0n) is 15.9. The summed E-state index contributed by atoms with van der Waals surface area (Å²) in [5, 5.41) is 4.77. The van der Waals surface area contributed by atoms with Gasteiger partial charge in [-0.1, -0.05) is 34.6 Å². The van der Waals surface area contributed by atoms with Crippen molar-refractivity contribution in [3.05, 3.63) is 16.0 Å². The summed E-state index contributed by atoms with van der Waals surface area (Å²) >= 11 is 7.20. The first kappa shape index (κ1) is 20.9. The van der Waals surface area contributed by atoms with Crippen LogP contribution in [-0.2, 0) is 11.2 Å². The number of thiophene rings is 1. The van der Waals surface area contributed by atoms with Crippen LogP contribution >= 0.6 is 23.6 Å². The van der Waals surface area contributed by atoms with Crippen molar-refractivity contribution in [2.75, 3.05) is 25.5 Å². The van der Waals surface area contributed by atoms with Gasteiger partial charge in [-0.15, -0.1) is 11.3 Å². The quantitative estimate of drug-likeness (QED) is 0.556. The molecule has 6 heteroatoms. The predicted molar refractivity (Wildman–Crippen MR) is 107 cm³/mol. The number of nitrogens with zero attached hydrogens (tertiary/aromatic N) is 1. The summed E-state index contributed by atoms with van der Waals surface area (Å²) < 4.78 is 4.97. The maximum absolute atomic E-state index is 12.2. The van der Waals surface area contributed by atoms with Crippen LogP contribution in [-0.4, -0.2) is 36.2 Å². The molecule has 0 amide bonds. The molecule has 0 aliphatic heterocycles. The van der Waals surface area contributed by atoms with Crippen molar-refractivity contribution < 1.29 is 9.53 Å². The summed E-state index contributed by atoms with van der Waals surface area (Å²) in [6.45, 7) is 14.6. The van der Waals surface area contributed by atoms with Gasteiger partial charge in [0, 0.05) is 18.0 Å². The van der Waals surface area contributed by atoms with E-state index >= 15 is 0 Å². The summed E-state index contributed by atoms with van der Waals surface area (Å²) in [5.41, 5.74) is 1.66. The van der Waals surface area contributed by atoms with E-state index in [-0.39, 0.29) is 5.97 Å². The summed E-state index contributed by atoms with van der Waals surface area (Å²) in [6, 6.07) is 0. The van der Waals surface area contributed by atoms with Gasteiger partial charge in [-0.05, 0) is 43.0 Å². The summed E-state index contributed by atoms with van der Waals surface area (Å²) in [7, 11) is 1.42. The van der Waals surface area contributed by atoms with Crippen LogP contribution in [0.15, 0.2) is 0 Å². The number of thiocarbonyl (C=S) groups is 1. The number of hydrogen-bond acceptors (Lipinski definition) is 4. The fraction of sp³-hybridized carbons (Fsp3) is 0.667. The highest BCUT2D eigenvalue weighted by Crippen LogP contribution is 2.34. The summed E-state index contributed by atoms with van der Waals surface area (Å²) in [6.07, 6.45) is 0.795. The second-order valence-corrected chi connectivity index (χ2v) is 8.42. The molecule has 1 rings (SSSR count). The van der Waals surface area contributed by atoms with Gasteiger partial charge in [0.15, 0.2) is 5.11 Å². The van der Waals surface area contributed by atoms with Gasteiger partial charge in [-0.25, -0.2) is 4.79 Å². The number of ether oxygens (including phenoxy) is 1. The molecule has 0 aliphatic carbocycles. The normalized spacial score (nSPS) is 11.0. The molecule has 136 valence electrons. The predicted octanol–water partition coefficient (Wildman–Crippen LogP) is 4.72. The molecule has 0 bridgehead atoms. The molecule has 0 aromatic carbocycles. The van der Waals surface area contributed by atoms with Crippen molar-refractivity contribution in [2.24, 2.45) is 11.8 Å². The molecular formula is C18H30N2O2S2. The van der Waals surface area contributed by atoms with Crippen molar-refractivity contribution in [1.82, 2.24) is 4.90 Å². The van der Waals surface area contributed by atoms with E-state index in [2.05, 4.69) is 37.9 Å². The molecule has 1 aromatic heterocycles. The molecule has 24 heavy (non-hydrogen) atoms. The number of aryl methyl sites for hydroxylation is 1. The van der Waals surface area contributed by atoms with E-state index in [0.29, 0.717) is 22.5 Å². The van der Waals surface area contributed by atoms with Gasteiger partial charge in [-0.3, -0.25) is 0 Å². The summed E-state index contributed by atoms with van der Waals surface area (Å²) in [5.74, 6) is 0.723. The number of hydrogen-bond donors (Lipinski definition) is 1. The van der Waals surface area contributed by atoms with E-state index in [4.69, 9.17) is 17.0 Å². The maximum atomic E-state index is 12.2. The molecule has 0 atom stereocenters. The Morgan fingerprint density at radius 3 is 2.21 bits per heavy atom. The largest absolute Gasteiger partial charge is 0.465 e. The van der Waals surface area contributed by atoms with Gasteiger partial charge in [0.05, 0.1) is 12.7 Å². The van der Waals surface area contributed by atoms with Crippen LogP contribution in [0.25, 0.3) is 0 Å². The average Bonchev–Trinajstić information content (AvgIpc) is 2.80. The Hall–Kier alpha value is -1.14. The smallest absolute Gasteiger partial charge is 0.341 e. The van der Waals surface area contributed by atoms with Crippen LogP contribution in [0.4, 0.5) is 5.00 Å². The Morgan fingerprint density at radius 1 is 1.25 bits per heavy atom. The van der Waals surface area contributed by atoms with E-state index < -0.39 is 0 Å². The second kappa shape index (κ2) is 9.37. The highest BCUT2D eigenvalue weighted by atomic mass is 32.1. The van der Waals surface area contributed by atoms with Gasteiger partial charge < -0.3 is 15.0 Å². The number of methoxy groups -OCH3 is 1. The van der Waals surface area contributed by atoms with Gasteiger partial charge in [0.1, 0.15) is 5.00 Å². The third kappa shape index (κ3) is 5.45. The van der Waals surface area contributed by atoms with Gasteiger partial charge in [0.2, 0.25) is 0 Å². The molecule has 0 aliphatic rings. The molecule has 1 aromatic rings. The van der Waals surface area contributed by atoms with E-state index in [1.54, 1.807) is 11.3 Å². The van der Waals surface area contributed by atoms with Gasteiger partial charge in [0.25, 0.3) is 0 Å². The van der Waals surface area contributed by atoms with Crippen molar-refractivity contribution >= 4 is 39.6 Å². The lowest BCUT2D eigenvalue weighted by Gasteiger charge is -2.29. The minimum atomic E-state index is -0.305. The Labute approximate surface area is 155 Å². The zero-order valence-corrected chi connectivity index (χ0v) is 17.5. The van der Waals surface area contributed by atoms with Crippen molar-refractivity contribution in [3.63, 3.8) is 0 Å². The lowest BCUT2D eigenvalue weighted by atomic mass is 10.1. The fourth-order valence-corrected chi connectivity index (χ4v) is 4.16. The fourth-order valence-electron chi connectivity index (χ4n) is 2.71. The number of carbonyl (C=O) groups is 1. The first-order chi connectivity index (χ1) is 11.2. The molecule has 0 radical (unpaired) electrons. The highest BCUT2D eigenvalue weighted by Gasteiger charge is 2.23. The number of rotatable bonds is 7. The molecular weight excluding hydrogens is 340 g/mol. The zero-order chi connectivity index (χ0) is 18.4. The van der Waals surface area contributed by atoms with Crippen LogP contribution in [0, 0.1) is 18.8 Å². The third-order valence-electron chi connectivity index (χ3n) is 3.63. The molecule has 1 heterocycles. The SMILES string of the molecule is CCc1c(C)sc(NC(=S)N(CC(C)C)CC(C)C)c1C(=O)OC. The van der Waals surface area contributed by atoms with E-state index in [1.165, 1.54) is 7.11 Å². The molecule has 0 unspecified atom stereocenters. The van der Waals surface area contributed by atoms with Gasteiger partial charge in [-0.2, -0.15) is 0 Å². The van der Waals surface area contributed by atoms with Gasteiger partial charge >= 0.3 is 5.97 Å². The monoisotopic (exact) mass is 370 g/mol. The maximum Gasteiger partial charge on any atom is 0.341 e. The average molecular weight is 371 g/mol. The van der Waals surface area contributed by atoms with E-state index in [9.17, 15) is 4.79 Å². The van der Waals surface area contributed by atoms with Crippen LogP contribution in [0.3, 0.4) is 0 Å². The Bertz CT molecular complexity index is 570. The first-order valence-corrected chi connectivity index (χ1v) is 9.70. The molecule has 0 saturated carbocycles. The lowest BCUT2D eigenvalue weighted by Crippen LogP contribution is -2.39. The van der Waals surface area contributed by atoms with E-state index in [0.717, 1.165) is 35.0 Å². The minimum absolute atomic E-state index is 0.305. The van der Waals surface area contributed by atoms with Crippen LogP contribution in [0.2, 0.25) is 0 Å². The lowest BCUT2D eigenvalue weighted by molar-refractivity contribution is 0.0601. The standard InChI is InChI=1S/C18H30N2O2S2/c1-8-14-13(6)24-16(15(14)17(21)22-7)19-18(23)20(9-11(2)3)10-12(4)5/h11-12H,8-10H2,1-7H3,(H,19,23). The molecule has 0 saturated heterocycles. The van der Waals surface area contributed by atoms with Crippen LogP contribution in [0.5, 0.6) is 0 Å². The number of nitrogens with one attached hydrogen (secondary N) is 1. The highest BCUT2D eigenvalue weighted by molar-refractivity contribution is 7.80. The topological polar surface area (TPSA) is 41.6 Å². The Kier molecular flexibility index (Phi) is 8.16. The first-order valence-electron chi connectivity index (χ1n) is 8.47. The van der Waals surface area contributed by atoms with Crippen LogP contribution in [0.1, 0.15) is 55.4 Å².